The predicted molar refractivity (Wildman–Crippen MR) is 49.1 cm³/mol. The summed E-state index contributed by atoms with van der Waals surface area (Å²) in [4.78, 5) is 0. The molecule has 0 N–H and O–H groups in total. The molecule has 0 aliphatic carbocycles. The van der Waals surface area contributed by atoms with Crippen molar-refractivity contribution in [2.24, 2.45) is 0 Å². The molecule has 0 aliphatic rings. The Hall–Kier alpha value is -0.600. The van der Waals surface area contributed by atoms with Crippen LogP contribution in [-0.2, 0) is 17.7 Å². The maximum atomic E-state index is 10.2. The molecular weight excluding hydrogens is 180 g/mol. The van der Waals surface area contributed by atoms with Crippen LogP contribution in [0, 0.1) is 0 Å². The first kappa shape index (κ1) is 8.50. The Bertz CT molecular complexity index is 277. The van der Waals surface area contributed by atoms with Gasteiger partial charge in [-0.15, -0.1) is 0 Å². The van der Waals surface area contributed by atoms with Gasteiger partial charge < -0.3 is 0 Å². The van der Waals surface area contributed by atoms with Crippen LogP contribution in [-0.4, -0.2) is 8.53 Å². The Kier molecular flexibility index (Phi) is 3.33. The van der Waals surface area contributed by atoms with E-state index >= 15 is 0 Å². The molecule has 0 heterocycles. The second-order valence-electron chi connectivity index (χ2n) is 2.10. The first-order valence-electron chi connectivity index (χ1n) is 3.18. The largest absolute Gasteiger partial charge is 0.211 e. The van der Waals surface area contributed by atoms with E-state index < -0.39 is 0 Å². The van der Waals surface area contributed by atoms with E-state index in [1.165, 1.54) is 0 Å². The van der Waals surface area contributed by atoms with Gasteiger partial charge in [0.2, 0.25) is 0 Å². The highest BCUT2D eigenvalue weighted by Gasteiger charge is 1.94. The van der Waals surface area contributed by atoms with Crippen molar-refractivity contribution < 1.29 is 4.21 Å². The molecule has 1 rings (SSSR count). The zero-order chi connectivity index (χ0) is 8.10. The average molecular weight is 187 g/mol. The monoisotopic (exact) mass is 186 g/mol. The summed E-state index contributed by atoms with van der Waals surface area (Å²) < 4.78 is 10.6. The highest BCUT2D eigenvalue weighted by molar-refractivity contribution is 7.70. The summed E-state index contributed by atoms with van der Waals surface area (Å²) in [5, 5.41) is 0. The van der Waals surface area contributed by atoms with Crippen molar-refractivity contribution in [1.29, 1.82) is 0 Å². The first-order chi connectivity index (χ1) is 5.33. The lowest BCUT2D eigenvalue weighted by Gasteiger charge is -1.94. The predicted octanol–water partition coefficient (Wildman–Crippen LogP) is 1.81. The zero-order valence-corrected chi connectivity index (χ0v) is 7.36. The van der Waals surface area contributed by atoms with Crippen molar-refractivity contribution in [3.63, 3.8) is 0 Å². The third-order valence-corrected chi connectivity index (χ3v) is 1.92. The molecule has 1 nitrogen and oxygen atoms in total. The van der Waals surface area contributed by atoms with Gasteiger partial charge in [-0.05, 0) is 5.56 Å². The quantitative estimate of drug-likeness (QED) is 0.509. The van der Waals surface area contributed by atoms with Crippen LogP contribution < -0.4 is 0 Å². The smallest absolute Gasteiger partial charge is 0.115 e. The standard InChI is InChI=1S/C8H7ClOS/c9-8(11-10)6-7-4-2-1-3-5-7/h1-5H,6H2. The van der Waals surface area contributed by atoms with Crippen LogP contribution in [0.15, 0.2) is 30.3 Å². The number of hydrogen-bond donors (Lipinski definition) is 0. The SMILES string of the molecule is O=S=C(Cl)Cc1ccccc1. The molecule has 0 saturated heterocycles. The lowest BCUT2D eigenvalue weighted by atomic mass is 10.2. The number of halogens is 1. The summed E-state index contributed by atoms with van der Waals surface area (Å²) in [6.07, 6.45) is 0.552. The van der Waals surface area contributed by atoms with Crippen LogP contribution in [0.5, 0.6) is 0 Å². The number of hydrogen-bond acceptors (Lipinski definition) is 1. The van der Waals surface area contributed by atoms with Crippen LogP contribution in [0.2, 0.25) is 0 Å². The van der Waals surface area contributed by atoms with Crippen molar-refractivity contribution in [3.8, 4) is 0 Å². The third-order valence-electron chi connectivity index (χ3n) is 1.28. The molecule has 0 spiro atoms. The minimum atomic E-state index is 0.352. The van der Waals surface area contributed by atoms with E-state index in [0.29, 0.717) is 22.0 Å². The molecule has 0 unspecified atom stereocenters. The van der Waals surface area contributed by atoms with Gasteiger partial charge in [-0.3, -0.25) is 0 Å². The van der Waals surface area contributed by atoms with Crippen LogP contribution in [0.1, 0.15) is 5.56 Å². The molecule has 1 aromatic rings. The molecule has 0 atom stereocenters. The molecule has 3 heteroatoms. The van der Waals surface area contributed by atoms with E-state index in [1.807, 2.05) is 30.3 Å². The van der Waals surface area contributed by atoms with E-state index in [0.717, 1.165) is 5.56 Å². The second kappa shape index (κ2) is 4.31. The van der Waals surface area contributed by atoms with Gasteiger partial charge in [-0.1, -0.05) is 41.9 Å². The van der Waals surface area contributed by atoms with Gasteiger partial charge in [0, 0.05) is 6.42 Å². The average Bonchev–Trinajstić information content (AvgIpc) is 2.06. The maximum absolute atomic E-state index is 10.2. The van der Waals surface area contributed by atoms with Crippen molar-refractivity contribution in [3.05, 3.63) is 35.9 Å². The fourth-order valence-electron chi connectivity index (χ4n) is 0.786. The molecule has 0 aliphatic heterocycles. The van der Waals surface area contributed by atoms with E-state index in [2.05, 4.69) is 0 Å². The summed E-state index contributed by atoms with van der Waals surface area (Å²) in [6, 6.07) is 9.67. The van der Waals surface area contributed by atoms with E-state index in [1.54, 1.807) is 0 Å². The molecule has 0 bridgehead atoms. The Balaban J connectivity index is 2.73. The summed E-state index contributed by atoms with van der Waals surface area (Å²) in [7, 11) is 0. The fraction of sp³-hybridized carbons (Fsp3) is 0.125. The first-order valence-corrected chi connectivity index (χ1v) is 4.30. The Morgan fingerprint density at radius 2 is 2.00 bits per heavy atom. The van der Waals surface area contributed by atoms with Crippen molar-refractivity contribution in [1.82, 2.24) is 0 Å². The number of benzene rings is 1. The fourth-order valence-corrected chi connectivity index (χ4v) is 1.17. The van der Waals surface area contributed by atoms with Crippen molar-refractivity contribution in [2.45, 2.75) is 6.42 Å². The zero-order valence-electron chi connectivity index (χ0n) is 5.79. The molecule has 0 saturated carbocycles. The van der Waals surface area contributed by atoms with Crippen LogP contribution in [0.4, 0.5) is 0 Å². The second-order valence-corrected chi connectivity index (χ2v) is 3.44. The third kappa shape index (κ3) is 2.87. The van der Waals surface area contributed by atoms with Gasteiger partial charge in [0.15, 0.2) is 0 Å². The van der Waals surface area contributed by atoms with Crippen molar-refractivity contribution in [2.75, 3.05) is 0 Å². The summed E-state index contributed by atoms with van der Waals surface area (Å²) in [5.74, 6) is 0. The summed E-state index contributed by atoms with van der Waals surface area (Å²) in [6.45, 7) is 0. The lowest BCUT2D eigenvalue weighted by Crippen LogP contribution is -1.92. The molecule has 0 radical (unpaired) electrons. The highest BCUT2D eigenvalue weighted by Crippen LogP contribution is 2.01. The molecule has 11 heavy (non-hydrogen) atoms. The van der Waals surface area contributed by atoms with Crippen LogP contribution in [0.25, 0.3) is 0 Å². The Morgan fingerprint density at radius 3 is 2.55 bits per heavy atom. The van der Waals surface area contributed by atoms with Gasteiger partial charge in [0.25, 0.3) is 0 Å². The van der Waals surface area contributed by atoms with E-state index in [4.69, 9.17) is 11.6 Å². The summed E-state index contributed by atoms with van der Waals surface area (Å²) >= 11 is 5.92. The van der Waals surface area contributed by atoms with Gasteiger partial charge in [-0.2, -0.15) is 0 Å². The molecule has 0 amide bonds. The normalized spacial score (nSPS) is 9.18. The maximum Gasteiger partial charge on any atom is 0.115 e. The topological polar surface area (TPSA) is 17.1 Å². The van der Waals surface area contributed by atoms with Gasteiger partial charge in [-0.25, -0.2) is 4.21 Å². The Labute approximate surface area is 74.1 Å². The number of rotatable bonds is 2. The van der Waals surface area contributed by atoms with Gasteiger partial charge in [0.1, 0.15) is 15.6 Å². The molecule has 1 aromatic carbocycles. The van der Waals surface area contributed by atoms with Crippen LogP contribution >= 0.6 is 11.6 Å². The highest BCUT2D eigenvalue weighted by atomic mass is 35.5. The molecule has 0 aromatic heterocycles. The molecular formula is C8H7ClOS. The van der Waals surface area contributed by atoms with Gasteiger partial charge in [0.05, 0.1) is 0 Å². The van der Waals surface area contributed by atoms with E-state index in [9.17, 15) is 4.21 Å². The summed E-state index contributed by atoms with van der Waals surface area (Å²) in [5.41, 5.74) is 1.07. The minimum Gasteiger partial charge on any atom is -0.211 e. The lowest BCUT2D eigenvalue weighted by molar-refractivity contribution is 0.701. The van der Waals surface area contributed by atoms with E-state index in [-0.39, 0.29) is 0 Å². The molecule has 58 valence electrons. The van der Waals surface area contributed by atoms with Crippen molar-refractivity contribution >= 4 is 27.2 Å². The minimum absolute atomic E-state index is 0.352. The van der Waals surface area contributed by atoms with Crippen LogP contribution in [0.3, 0.4) is 0 Å². The molecule has 0 fully saturated rings. The Morgan fingerprint density at radius 1 is 1.36 bits per heavy atom. The van der Waals surface area contributed by atoms with Gasteiger partial charge >= 0.3 is 0 Å².